The topological polar surface area (TPSA) is 32.3 Å². The highest BCUT2D eigenvalue weighted by atomic mass is 16.2. The van der Waals surface area contributed by atoms with Crippen LogP contribution in [-0.4, -0.2) is 37.0 Å². The zero-order valence-electron chi connectivity index (χ0n) is 9.65. The minimum atomic E-state index is 0.153. The molecule has 1 aromatic rings. The predicted octanol–water partition coefficient (Wildman–Crippen LogP) is 1.51. The lowest BCUT2D eigenvalue weighted by Crippen LogP contribution is -2.46. The van der Waals surface area contributed by atoms with Gasteiger partial charge in [0.05, 0.1) is 0 Å². The van der Waals surface area contributed by atoms with Gasteiger partial charge in [-0.1, -0.05) is 18.2 Å². The predicted molar refractivity (Wildman–Crippen MR) is 64.4 cm³/mol. The van der Waals surface area contributed by atoms with E-state index in [0.29, 0.717) is 6.04 Å². The fourth-order valence-corrected chi connectivity index (χ4v) is 2.16. The molecule has 2 rings (SSSR count). The maximum absolute atomic E-state index is 12.2. The van der Waals surface area contributed by atoms with Crippen LogP contribution in [0.5, 0.6) is 0 Å². The molecule has 1 N–H and O–H groups in total. The molecular weight excluding hydrogens is 200 g/mol. The number of hydrogen-bond acceptors (Lipinski definition) is 2. The van der Waals surface area contributed by atoms with E-state index in [2.05, 4.69) is 5.32 Å². The second kappa shape index (κ2) is 5.12. The van der Waals surface area contributed by atoms with Crippen molar-refractivity contribution in [2.24, 2.45) is 0 Å². The van der Waals surface area contributed by atoms with E-state index in [0.717, 1.165) is 31.5 Å². The Bertz CT molecular complexity index is 350. The zero-order valence-corrected chi connectivity index (χ0v) is 9.65. The van der Waals surface area contributed by atoms with Crippen molar-refractivity contribution in [1.82, 2.24) is 10.2 Å². The Morgan fingerprint density at radius 3 is 2.81 bits per heavy atom. The number of rotatable bonds is 2. The van der Waals surface area contributed by atoms with Crippen LogP contribution in [0.25, 0.3) is 0 Å². The van der Waals surface area contributed by atoms with Gasteiger partial charge in [0.1, 0.15) is 0 Å². The smallest absolute Gasteiger partial charge is 0.253 e. The van der Waals surface area contributed by atoms with Crippen LogP contribution in [0, 0.1) is 0 Å². The molecule has 0 saturated carbocycles. The third kappa shape index (κ3) is 2.42. The summed E-state index contributed by atoms with van der Waals surface area (Å²) in [5, 5.41) is 3.25. The summed E-state index contributed by atoms with van der Waals surface area (Å²) in [7, 11) is 1.96. The molecule has 0 aromatic heterocycles. The normalized spacial score (nSPS) is 20.8. The van der Waals surface area contributed by atoms with Crippen molar-refractivity contribution < 1.29 is 4.79 Å². The molecule has 1 aromatic carbocycles. The molecule has 1 atom stereocenters. The summed E-state index contributed by atoms with van der Waals surface area (Å²) in [5.74, 6) is 0.153. The fourth-order valence-electron chi connectivity index (χ4n) is 2.16. The Morgan fingerprint density at radius 2 is 2.12 bits per heavy atom. The average molecular weight is 218 g/mol. The second-order valence-electron chi connectivity index (χ2n) is 4.25. The van der Waals surface area contributed by atoms with E-state index in [-0.39, 0.29) is 5.91 Å². The lowest BCUT2D eigenvalue weighted by atomic mass is 10.0. The van der Waals surface area contributed by atoms with E-state index in [1.807, 2.05) is 42.3 Å². The van der Waals surface area contributed by atoms with Crippen molar-refractivity contribution in [2.75, 3.05) is 20.1 Å². The van der Waals surface area contributed by atoms with Gasteiger partial charge in [-0.15, -0.1) is 0 Å². The van der Waals surface area contributed by atoms with Gasteiger partial charge in [0.25, 0.3) is 5.91 Å². The maximum Gasteiger partial charge on any atom is 0.253 e. The van der Waals surface area contributed by atoms with Crippen LogP contribution in [-0.2, 0) is 0 Å². The van der Waals surface area contributed by atoms with Crippen LogP contribution in [0.4, 0.5) is 0 Å². The van der Waals surface area contributed by atoms with Gasteiger partial charge < -0.3 is 10.2 Å². The number of carbonyl (C=O) groups excluding carboxylic acids is 1. The molecule has 1 fully saturated rings. The van der Waals surface area contributed by atoms with Crippen LogP contribution in [0.2, 0.25) is 0 Å². The summed E-state index contributed by atoms with van der Waals surface area (Å²) in [6.45, 7) is 1.70. The second-order valence-corrected chi connectivity index (χ2v) is 4.25. The highest BCUT2D eigenvalue weighted by Crippen LogP contribution is 2.13. The Balaban J connectivity index is 2.05. The molecule has 0 bridgehead atoms. The Morgan fingerprint density at radius 1 is 1.38 bits per heavy atom. The van der Waals surface area contributed by atoms with Crippen molar-refractivity contribution in [3.05, 3.63) is 35.9 Å². The number of hydrogen-bond donors (Lipinski definition) is 1. The molecule has 0 spiro atoms. The molecule has 86 valence electrons. The van der Waals surface area contributed by atoms with Gasteiger partial charge in [-0.25, -0.2) is 0 Å². The number of likely N-dealkylation sites (N-methyl/N-ethyl adjacent to an activating group) is 1. The molecule has 0 unspecified atom stereocenters. The fraction of sp³-hybridized carbons (Fsp3) is 0.462. The quantitative estimate of drug-likeness (QED) is 0.816. The standard InChI is InChI=1S/C13H18N2O/c1-14-12-8-5-9-15(10-12)13(16)11-6-3-2-4-7-11/h2-4,6-7,12,14H,5,8-10H2,1H3/t12-/m0/s1. The van der Waals surface area contributed by atoms with Gasteiger partial charge in [-0.05, 0) is 32.0 Å². The first-order valence-electron chi connectivity index (χ1n) is 5.83. The van der Waals surface area contributed by atoms with Crippen molar-refractivity contribution in [3.63, 3.8) is 0 Å². The summed E-state index contributed by atoms with van der Waals surface area (Å²) >= 11 is 0. The van der Waals surface area contributed by atoms with Crippen LogP contribution in [0.3, 0.4) is 0 Å². The Labute approximate surface area is 96.5 Å². The summed E-state index contributed by atoms with van der Waals surface area (Å²) in [5.41, 5.74) is 0.791. The molecule has 1 amide bonds. The number of amides is 1. The van der Waals surface area contributed by atoms with E-state index >= 15 is 0 Å². The number of nitrogens with one attached hydrogen (secondary N) is 1. The molecule has 1 saturated heterocycles. The van der Waals surface area contributed by atoms with Gasteiger partial charge in [-0.2, -0.15) is 0 Å². The summed E-state index contributed by atoms with van der Waals surface area (Å²) in [4.78, 5) is 14.1. The third-order valence-corrected chi connectivity index (χ3v) is 3.14. The number of nitrogens with zero attached hydrogens (tertiary/aromatic N) is 1. The van der Waals surface area contributed by atoms with Gasteiger partial charge in [0.15, 0.2) is 0 Å². The Kier molecular flexibility index (Phi) is 3.57. The van der Waals surface area contributed by atoms with E-state index in [9.17, 15) is 4.79 Å². The monoisotopic (exact) mass is 218 g/mol. The van der Waals surface area contributed by atoms with Crippen LogP contribution in [0.1, 0.15) is 23.2 Å². The molecule has 1 heterocycles. The van der Waals surface area contributed by atoms with Crippen molar-refractivity contribution in [3.8, 4) is 0 Å². The summed E-state index contributed by atoms with van der Waals surface area (Å²) in [6.07, 6.45) is 2.25. The van der Waals surface area contributed by atoms with E-state index in [4.69, 9.17) is 0 Å². The largest absolute Gasteiger partial charge is 0.337 e. The molecule has 1 aliphatic rings. The molecule has 16 heavy (non-hydrogen) atoms. The van der Waals surface area contributed by atoms with Gasteiger partial charge in [-0.3, -0.25) is 4.79 Å². The molecular formula is C13H18N2O. The maximum atomic E-state index is 12.2. The molecule has 1 aliphatic heterocycles. The lowest BCUT2D eigenvalue weighted by molar-refractivity contribution is 0.0698. The van der Waals surface area contributed by atoms with Gasteiger partial charge >= 0.3 is 0 Å². The minimum Gasteiger partial charge on any atom is -0.337 e. The first-order valence-corrected chi connectivity index (χ1v) is 5.83. The minimum absolute atomic E-state index is 0.153. The molecule has 3 heteroatoms. The van der Waals surface area contributed by atoms with Gasteiger partial charge in [0, 0.05) is 24.7 Å². The Hall–Kier alpha value is -1.35. The van der Waals surface area contributed by atoms with E-state index in [1.54, 1.807) is 0 Å². The highest BCUT2D eigenvalue weighted by Gasteiger charge is 2.22. The number of benzene rings is 1. The summed E-state index contributed by atoms with van der Waals surface area (Å²) in [6, 6.07) is 9.96. The van der Waals surface area contributed by atoms with Crippen LogP contribution in [0.15, 0.2) is 30.3 Å². The lowest BCUT2D eigenvalue weighted by Gasteiger charge is -2.32. The molecule has 0 radical (unpaired) electrons. The zero-order chi connectivity index (χ0) is 11.4. The number of carbonyl (C=O) groups is 1. The SMILES string of the molecule is CN[C@H]1CCCN(C(=O)c2ccccc2)C1. The first kappa shape index (κ1) is 11.1. The third-order valence-electron chi connectivity index (χ3n) is 3.14. The molecule has 0 aliphatic carbocycles. The van der Waals surface area contributed by atoms with Crippen molar-refractivity contribution in [1.29, 1.82) is 0 Å². The number of likely N-dealkylation sites (tertiary alicyclic amines) is 1. The molecule has 3 nitrogen and oxygen atoms in total. The van der Waals surface area contributed by atoms with Crippen LogP contribution >= 0.6 is 0 Å². The van der Waals surface area contributed by atoms with Gasteiger partial charge in [0.2, 0.25) is 0 Å². The number of piperidine rings is 1. The first-order chi connectivity index (χ1) is 7.81. The highest BCUT2D eigenvalue weighted by molar-refractivity contribution is 5.94. The van der Waals surface area contributed by atoms with Crippen LogP contribution < -0.4 is 5.32 Å². The summed E-state index contributed by atoms with van der Waals surface area (Å²) < 4.78 is 0. The van der Waals surface area contributed by atoms with E-state index < -0.39 is 0 Å². The van der Waals surface area contributed by atoms with E-state index in [1.165, 1.54) is 0 Å². The van der Waals surface area contributed by atoms with Crippen molar-refractivity contribution in [2.45, 2.75) is 18.9 Å². The average Bonchev–Trinajstić information content (AvgIpc) is 2.39. The van der Waals surface area contributed by atoms with Crippen molar-refractivity contribution >= 4 is 5.91 Å².